The molecule has 2 saturated heterocycles. The average molecular weight is 604 g/mol. The molecule has 234 valence electrons. The highest BCUT2D eigenvalue weighted by molar-refractivity contribution is 6.00. The molecule has 2 aromatic carbocycles. The van der Waals surface area contributed by atoms with E-state index in [1.807, 2.05) is 43.1 Å². The van der Waals surface area contributed by atoms with Crippen LogP contribution >= 0.6 is 0 Å². The van der Waals surface area contributed by atoms with Crippen molar-refractivity contribution in [2.45, 2.75) is 70.0 Å². The lowest BCUT2D eigenvalue weighted by molar-refractivity contribution is -0.0566. The van der Waals surface area contributed by atoms with Gasteiger partial charge in [0.1, 0.15) is 18.1 Å². The lowest BCUT2D eigenvalue weighted by Gasteiger charge is -2.45. The zero-order chi connectivity index (χ0) is 30.6. The molecule has 6 rings (SSSR count). The van der Waals surface area contributed by atoms with Gasteiger partial charge in [-0.15, -0.1) is 0 Å². The van der Waals surface area contributed by atoms with Gasteiger partial charge in [0.15, 0.2) is 0 Å². The molecule has 2 fully saturated rings. The molecule has 1 aromatic heterocycles. The number of carbonyl (C=O) groups is 2. The number of ether oxygens (including phenoxy) is 3. The zero-order valence-electron chi connectivity index (χ0n) is 25.3. The first-order valence-electron chi connectivity index (χ1n) is 15.5. The average Bonchev–Trinajstić information content (AvgIpc) is 3.45. The first-order chi connectivity index (χ1) is 21.4. The molecule has 4 atom stereocenters. The van der Waals surface area contributed by atoms with Crippen molar-refractivity contribution in [2.75, 3.05) is 26.4 Å². The number of morpholine rings is 1. The van der Waals surface area contributed by atoms with E-state index in [0.717, 1.165) is 41.8 Å². The van der Waals surface area contributed by atoms with Crippen LogP contribution in [-0.4, -0.2) is 82.2 Å². The molecule has 0 spiro atoms. The molecule has 11 nitrogen and oxygen atoms in total. The van der Waals surface area contributed by atoms with Crippen LogP contribution in [0.4, 0.5) is 0 Å². The van der Waals surface area contributed by atoms with Crippen molar-refractivity contribution in [1.82, 2.24) is 25.3 Å². The van der Waals surface area contributed by atoms with Crippen LogP contribution in [-0.2, 0) is 31.4 Å². The summed E-state index contributed by atoms with van der Waals surface area (Å²) in [6.45, 7) is 4.41. The molecule has 0 aliphatic carbocycles. The number of hydrogen-bond acceptors (Lipinski definition) is 8. The van der Waals surface area contributed by atoms with E-state index in [1.54, 1.807) is 29.1 Å². The summed E-state index contributed by atoms with van der Waals surface area (Å²) in [7, 11) is 1.89. The second-order valence-corrected chi connectivity index (χ2v) is 11.8. The first kappa shape index (κ1) is 30.1. The molecule has 2 unspecified atom stereocenters. The normalized spacial score (nSPS) is 21.7. The quantitative estimate of drug-likeness (QED) is 0.323. The van der Waals surface area contributed by atoms with Gasteiger partial charge < -0.3 is 34.9 Å². The predicted molar refractivity (Wildman–Crippen MR) is 163 cm³/mol. The number of aliphatic hydroxyl groups excluding tert-OH is 1. The second-order valence-electron chi connectivity index (χ2n) is 11.8. The highest BCUT2D eigenvalue weighted by atomic mass is 16.5. The van der Waals surface area contributed by atoms with E-state index >= 15 is 0 Å². The van der Waals surface area contributed by atoms with Gasteiger partial charge in [-0.3, -0.25) is 14.3 Å². The van der Waals surface area contributed by atoms with Gasteiger partial charge in [0, 0.05) is 37.9 Å². The molecular formula is C33H41N5O6. The Morgan fingerprint density at radius 3 is 2.68 bits per heavy atom. The van der Waals surface area contributed by atoms with Crippen LogP contribution in [0.25, 0.3) is 0 Å². The predicted octanol–water partition coefficient (Wildman–Crippen LogP) is 2.60. The molecular weight excluding hydrogens is 562 g/mol. The van der Waals surface area contributed by atoms with Crippen LogP contribution in [0.5, 0.6) is 11.5 Å². The smallest absolute Gasteiger partial charge is 0.255 e. The molecule has 3 aliphatic heterocycles. The van der Waals surface area contributed by atoms with E-state index in [0.29, 0.717) is 56.3 Å². The molecule has 4 heterocycles. The number of rotatable bonds is 10. The lowest BCUT2D eigenvalue weighted by Crippen LogP contribution is -2.57. The van der Waals surface area contributed by atoms with Gasteiger partial charge >= 0.3 is 0 Å². The van der Waals surface area contributed by atoms with Crippen molar-refractivity contribution in [3.63, 3.8) is 0 Å². The minimum absolute atomic E-state index is 0.0536. The van der Waals surface area contributed by atoms with E-state index in [2.05, 4.69) is 15.7 Å². The Morgan fingerprint density at radius 1 is 1.11 bits per heavy atom. The van der Waals surface area contributed by atoms with Gasteiger partial charge in [0.2, 0.25) is 0 Å². The molecule has 3 aromatic rings. The largest absolute Gasteiger partial charge is 0.493 e. The Morgan fingerprint density at radius 2 is 1.93 bits per heavy atom. The Hall–Kier alpha value is -3.93. The number of fused-ring (bicyclic) bond motifs is 3. The van der Waals surface area contributed by atoms with E-state index in [1.165, 1.54) is 0 Å². The maximum absolute atomic E-state index is 13.5. The van der Waals surface area contributed by atoms with Crippen molar-refractivity contribution in [3.8, 4) is 11.5 Å². The number of benzene rings is 2. The fourth-order valence-electron chi connectivity index (χ4n) is 6.44. The molecule has 0 radical (unpaired) electrons. The number of aliphatic hydroxyl groups is 1. The van der Waals surface area contributed by atoms with Gasteiger partial charge in [-0.2, -0.15) is 5.10 Å². The monoisotopic (exact) mass is 603 g/mol. The number of carbonyl (C=O) groups excluding carboxylic acids is 2. The summed E-state index contributed by atoms with van der Waals surface area (Å²) in [5.41, 5.74) is 4.07. The molecule has 3 aliphatic rings. The van der Waals surface area contributed by atoms with Crippen LogP contribution in [0.2, 0.25) is 0 Å². The fourth-order valence-corrected chi connectivity index (χ4v) is 6.44. The van der Waals surface area contributed by atoms with Gasteiger partial charge in [-0.1, -0.05) is 6.07 Å². The Kier molecular flexibility index (Phi) is 9.15. The minimum Gasteiger partial charge on any atom is -0.493 e. The summed E-state index contributed by atoms with van der Waals surface area (Å²) >= 11 is 0. The van der Waals surface area contributed by atoms with Gasteiger partial charge in [0.25, 0.3) is 11.8 Å². The summed E-state index contributed by atoms with van der Waals surface area (Å²) in [5, 5.41) is 21.4. The topological polar surface area (TPSA) is 127 Å². The van der Waals surface area contributed by atoms with Crippen molar-refractivity contribution >= 4 is 11.8 Å². The Balaban J connectivity index is 1.05. The maximum atomic E-state index is 13.5. The molecule has 44 heavy (non-hydrogen) atoms. The third-order valence-electron chi connectivity index (χ3n) is 8.91. The number of nitrogens with one attached hydrogen (secondary N) is 2. The van der Waals surface area contributed by atoms with Gasteiger partial charge in [-0.05, 0) is 80.1 Å². The minimum atomic E-state index is -0.801. The number of amides is 2. The Bertz CT molecular complexity index is 1470. The van der Waals surface area contributed by atoms with Crippen LogP contribution < -0.4 is 20.1 Å². The number of aromatic nitrogens is 2. The highest BCUT2D eigenvalue weighted by Gasteiger charge is 2.38. The van der Waals surface area contributed by atoms with Gasteiger partial charge in [-0.25, -0.2) is 0 Å². The number of aryl methyl sites for hydroxylation is 1. The van der Waals surface area contributed by atoms with Crippen LogP contribution in [0, 0.1) is 0 Å². The Labute approximate surface area is 257 Å². The fraction of sp³-hybridized carbons (Fsp3) is 0.485. The lowest BCUT2D eigenvalue weighted by atomic mass is 9.92. The summed E-state index contributed by atoms with van der Waals surface area (Å²) in [6, 6.07) is 12.9. The van der Waals surface area contributed by atoms with Crippen LogP contribution in [0.3, 0.4) is 0 Å². The van der Waals surface area contributed by atoms with Crippen molar-refractivity contribution < 1.29 is 28.9 Å². The molecule has 11 heteroatoms. The van der Waals surface area contributed by atoms with E-state index in [9.17, 15) is 14.7 Å². The summed E-state index contributed by atoms with van der Waals surface area (Å²) in [5.74, 6) is 0.724. The van der Waals surface area contributed by atoms with Crippen molar-refractivity contribution in [3.05, 3.63) is 76.6 Å². The number of piperidine rings is 1. The van der Waals surface area contributed by atoms with E-state index < -0.39 is 6.10 Å². The third-order valence-corrected chi connectivity index (χ3v) is 8.91. The van der Waals surface area contributed by atoms with Gasteiger partial charge in [0.05, 0.1) is 49.3 Å². The van der Waals surface area contributed by atoms with Crippen molar-refractivity contribution in [1.29, 1.82) is 0 Å². The number of nitrogens with zero attached hydrogens (tertiary/aromatic N) is 3. The third kappa shape index (κ3) is 6.45. The summed E-state index contributed by atoms with van der Waals surface area (Å²) in [6.07, 6.45) is 4.55. The molecule has 2 amide bonds. The van der Waals surface area contributed by atoms with Crippen LogP contribution in [0.15, 0.2) is 48.7 Å². The molecule has 3 N–H and O–H groups in total. The van der Waals surface area contributed by atoms with Crippen molar-refractivity contribution in [2.24, 2.45) is 7.05 Å². The summed E-state index contributed by atoms with van der Waals surface area (Å²) in [4.78, 5) is 28.7. The standard InChI is InChI=1S/C33H41N5O6/c1-3-43-31-15-22(33(41)38-25-5-4-6-26(38)19-42-18-25)8-10-28(31)32(40)35-17-30(39)29-14-21-7-9-27(13-23(21)16-34-29)44-20-24-11-12-36-37(24)2/h7-13,15,25-26,29-30,34,39H,3-6,14,16-20H2,1-2H3,(H,35,40)/t25?,26?,29-,30+/m0/s1. The summed E-state index contributed by atoms with van der Waals surface area (Å²) < 4.78 is 19.2. The first-order valence-corrected chi connectivity index (χ1v) is 15.5. The number of hydrogen-bond donors (Lipinski definition) is 3. The van der Waals surface area contributed by atoms with Crippen LogP contribution in [0.1, 0.15) is 63.7 Å². The van der Waals surface area contributed by atoms with E-state index in [4.69, 9.17) is 14.2 Å². The molecule has 0 saturated carbocycles. The second kappa shape index (κ2) is 13.4. The molecule has 2 bridgehead atoms. The maximum Gasteiger partial charge on any atom is 0.255 e. The SMILES string of the molecule is CCOc1cc(C(=O)N2C3CCCC2COC3)ccc1C(=O)NC[C@@H](O)[C@@H]1Cc2ccc(OCc3ccnn3C)cc2CN1. The zero-order valence-corrected chi connectivity index (χ0v) is 25.3. The van der Waals surface area contributed by atoms with E-state index in [-0.39, 0.29) is 36.5 Å². The highest BCUT2D eigenvalue weighted by Crippen LogP contribution is 2.31.